The normalized spacial score (nSPS) is 19.8. The highest BCUT2D eigenvalue weighted by molar-refractivity contribution is 5.93. The number of nitrogens with one attached hydrogen (secondary N) is 1. The Hall–Kier alpha value is -2.87. The molecule has 2 N–H and O–H groups in total. The van der Waals surface area contributed by atoms with Gasteiger partial charge in [-0.15, -0.1) is 0 Å². The van der Waals surface area contributed by atoms with E-state index in [1.807, 2.05) is 6.07 Å². The van der Waals surface area contributed by atoms with Crippen LogP contribution in [-0.2, 0) is 4.74 Å². The molecule has 0 saturated carbocycles. The lowest BCUT2D eigenvalue weighted by Crippen LogP contribution is -2.47. The zero-order valence-corrected chi connectivity index (χ0v) is 13.8. The van der Waals surface area contributed by atoms with E-state index in [0.717, 1.165) is 5.56 Å². The molecule has 2 aromatic rings. The van der Waals surface area contributed by atoms with E-state index in [2.05, 4.69) is 15.2 Å². The van der Waals surface area contributed by atoms with Crippen molar-refractivity contribution < 1.29 is 9.84 Å². The topological polar surface area (TPSA) is 92.0 Å². The molecule has 0 unspecified atom stereocenters. The van der Waals surface area contributed by atoms with Crippen LogP contribution in [0, 0.1) is 6.92 Å². The summed E-state index contributed by atoms with van der Waals surface area (Å²) in [5.41, 5.74) is 1.18. The zero-order valence-electron chi connectivity index (χ0n) is 13.8. The first kappa shape index (κ1) is 15.6. The number of phenols is 1. The van der Waals surface area contributed by atoms with Crippen molar-refractivity contribution in [3.63, 3.8) is 0 Å². The number of rotatable bonds is 1. The van der Waals surface area contributed by atoms with E-state index < -0.39 is 6.17 Å². The molecule has 2 aliphatic heterocycles. The van der Waals surface area contributed by atoms with Crippen molar-refractivity contribution in [3.05, 3.63) is 51.9 Å². The maximum absolute atomic E-state index is 12.6. The van der Waals surface area contributed by atoms with Crippen molar-refractivity contribution in [2.45, 2.75) is 13.1 Å². The van der Waals surface area contributed by atoms with Gasteiger partial charge < -0.3 is 14.7 Å². The highest BCUT2D eigenvalue weighted by atomic mass is 16.5. The second-order valence-electron chi connectivity index (χ2n) is 6.08. The molecule has 0 amide bonds. The fourth-order valence-electron chi connectivity index (χ4n) is 3.08. The minimum absolute atomic E-state index is 0.133. The van der Waals surface area contributed by atoms with Gasteiger partial charge in [-0.1, -0.05) is 12.1 Å². The van der Waals surface area contributed by atoms with Crippen LogP contribution >= 0.6 is 0 Å². The minimum atomic E-state index is -0.582. The Bertz CT molecular complexity index is 886. The van der Waals surface area contributed by atoms with E-state index >= 15 is 0 Å². The number of hydrogen-bond donors (Lipinski definition) is 2. The lowest BCUT2D eigenvalue weighted by atomic mass is 10.1. The third-order valence-corrected chi connectivity index (χ3v) is 4.27. The van der Waals surface area contributed by atoms with Crippen molar-refractivity contribution in [1.82, 2.24) is 14.5 Å². The van der Waals surface area contributed by atoms with Crippen LogP contribution in [0.25, 0.3) is 0 Å². The van der Waals surface area contributed by atoms with E-state index in [0.29, 0.717) is 43.9 Å². The fourth-order valence-corrected chi connectivity index (χ4v) is 3.08. The molecule has 1 aromatic carbocycles. The molecule has 1 atom stereocenters. The average molecular weight is 341 g/mol. The molecule has 130 valence electrons. The molecular weight excluding hydrogens is 322 g/mol. The van der Waals surface area contributed by atoms with Gasteiger partial charge in [-0.3, -0.25) is 14.7 Å². The van der Waals surface area contributed by atoms with Crippen LogP contribution in [-0.4, -0.2) is 51.8 Å². The van der Waals surface area contributed by atoms with Crippen LogP contribution in [0.3, 0.4) is 0 Å². The van der Waals surface area contributed by atoms with E-state index in [-0.39, 0.29) is 11.3 Å². The largest absolute Gasteiger partial charge is 0.508 e. The fraction of sp³-hybridized carbons (Fsp3) is 0.353. The van der Waals surface area contributed by atoms with Crippen LogP contribution in [0.15, 0.2) is 40.1 Å². The predicted octanol–water partition coefficient (Wildman–Crippen LogP) is 0.918. The van der Waals surface area contributed by atoms with Gasteiger partial charge in [0.05, 0.1) is 13.2 Å². The van der Waals surface area contributed by atoms with Crippen LogP contribution in [0.5, 0.6) is 5.75 Å². The average Bonchev–Trinajstić information content (AvgIpc) is 2.61. The Morgan fingerprint density at radius 2 is 2.08 bits per heavy atom. The number of phenolic OH excluding ortho intramolecular Hbond substituents is 1. The predicted molar refractivity (Wildman–Crippen MR) is 92.9 cm³/mol. The third kappa shape index (κ3) is 2.96. The molecule has 0 aliphatic carbocycles. The number of morpholine rings is 1. The Balaban J connectivity index is 1.83. The quantitative estimate of drug-likeness (QED) is 0.801. The first-order chi connectivity index (χ1) is 12.1. The summed E-state index contributed by atoms with van der Waals surface area (Å²) in [5.74, 6) is 1.25. The number of nitrogens with zero attached hydrogens (tertiary/aromatic N) is 4. The van der Waals surface area contributed by atoms with Crippen molar-refractivity contribution in [2.75, 3.05) is 31.6 Å². The Kier molecular flexibility index (Phi) is 3.89. The lowest BCUT2D eigenvalue weighted by Gasteiger charge is -2.34. The van der Waals surface area contributed by atoms with Gasteiger partial charge in [0, 0.05) is 30.4 Å². The number of hydrogen-bond acceptors (Lipinski definition) is 7. The first-order valence-electron chi connectivity index (χ1n) is 8.18. The number of guanidine groups is 1. The van der Waals surface area contributed by atoms with Gasteiger partial charge >= 0.3 is 0 Å². The van der Waals surface area contributed by atoms with Crippen molar-refractivity contribution in [1.29, 1.82) is 0 Å². The van der Waals surface area contributed by atoms with Crippen LogP contribution in [0.4, 0.5) is 5.95 Å². The first-order valence-corrected chi connectivity index (χ1v) is 8.18. The summed E-state index contributed by atoms with van der Waals surface area (Å²) in [6.07, 6.45) is -0.582. The van der Waals surface area contributed by atoms with E-state index in [1.54, 1.807) is 25.1 Å². The number of aryl methyl sites for hydroxylation is 1. The zero-order chi connectivity index (χ0) is 17.4. The lowest BCUT2D eigenvalue weighted by molar-refractivity contribution is 0.0675. The summed E-state index contributed by atoms with van der Waals surface area (Å²) in [4.78, 5) is 23.8. The van der Waals surface area contributed by atoms with Gasteiger partial charge in [0.15, 0.2) is 6.17 Å². The molecule has 0 spiro atoms. The van der Waals surface area contributed by atoms with Crippen molar-refractivity contribution >= 4 is 11.9 Å². The summed E-state index contributed by atoms with van der Waals surface area (Å²) in [5, 5.41) is 13.0. The summed E-state index contributed by atoms with van der Waals surface area (Å²) in [6, 6.07) is 8.27. The number of fused-ring (bicyclic) bond motifs is 1. The molecule has 8 heteroatoms. The van der Waals surface area contributed by atoms with Crippen LogP contribution < -0.4 is 10.9 Å². The van der Waals surface area contributed by atoms with Gasteiger partial charge in [-0.05, 0) is 19.1 Å². The number of aliphatic imine (C=N–C) groups is 1. The molecule has 1 aromatic heterocycles. The van der Waals surface area contributed by atoms with Gasteiger partial charge in [-0.25, -0.2) is 9.98 Å². The molecule has 4 rings (SSSR count). The molecular formula is C17H19N5O3. The summed E-state index contributed by atoms with van der Waals surface area (Å²) in [6.45, 7) is 4.48. The van der Waals surface area contributed by atoms with Crippen LogP contribution in [0.1, 0.15) is 17.4 Å². The summed E-state index contributed by atoms with van der Waals surface area (Å²) in [7, 11) is 0. The van der Waals surface area contributed by atoms with Gasteiger partial charge in [0.2, 0.25) is 11.9 Å². The Morgan fingerprint density at radius 1 is 1.28 bits per heavy atom. The second-order valence-corrected chi connectivity index (χ2v) is 6.08. The molecule has 1 saturated heterocycles. The summed E-state index contributed by atoms with van der Waals surface area (Å²) >= 11 is 0. The number of ether oxygens (including phenoxy) is 1. The summed E-state index contributed by atoms with van der Waals surface area (Å²) < 4.78 is 6.90. The highest BCUT2D eigenvalue weighted by Gasteiger charge is 2.28. The number of anilines is 1. The van der Waals surface area contributed by atoms with Gasteiger partial charge in [0.1, 0.15) is 5.75 Å². The van der Waals surface area contributed by atoms with Crippen molar-refractivity contribution in [2.24, 2.45) is 4.99 Å². The minimum Gasteiger partial charge on any atom is -0.508 e. The molecule has 0 radical (unpaired) electrons. The second kappa shape index (κ2) is 6.21. The maximum Gasteiger partial charge on any atom is 0.257 e. The smallest absolute Gasteiger partial charge is 0.257 e. The SMILES string of the molecule is Cc1cc(=O)n2c(n1)NC(N1CCOCC1)=N[C@H]2c1cccc(O)c1. The number of aromatic nitrogens is 2. The third-order valence-electron chi connectivity index (χ3n) is 4.27. The molecule has 1 fully saturated rings. The molecule has 8 nitrogen and oxygen atoms in total. The van der Waals surface area contributed by atoms with E-state index in [1.165, 1.54) is 10.6 Å². The number of benzene rings is 1. The standard InChI is InChI=1S/C17H19N5O3/c1-11-9-14(24)22-15(12-3-2-4-13(23)10-12)19-16(20-17(22)18-11)21-5-7-25-8-6-21/h2-4,9-10,15,23H,5-8H2,1H3,(H,18,19,20)/t15-/m1/s1. The Morgan fingerprint density at radius 3 is 2.84 bits per heavy atom. The Labute approximate surface area is 144 Å². The molecule has 25 heavy (non-hydrogen) atoms. The van der Waals surface area contributed by atoms with E-state index in [4.69, 9.17) is 9.73 Å². The van der Waals surface area contributed by atoms with Crippen molar-refractivity contribution in [3.8, 4) is 5.75 Å². The monoisotopic (exact) mass is 341 g/mol. The maximum atomic E-state index is 12.6. The molecule has 0 bridgehead atoms. The highest BCUT2D eigenvalue weighted by Crippen LogP contribution is 2.28. The van der Waals surface area contributed by atoms with Crippen LogP contribution in [0.2, 0.25) is 0 Å². The molecule has 3 heterocycles. The number of aromatic hydroxyl groups is 1. The van der Waals surface area contributed by atoms with E-state index in [9.17, 15) is 9.90 Å². The van der Waals surface area contributed by atoms with Gasteiger partial charge in [-0.2, -0.15) is 0 Å². The molecule has 2 aliphatic rings. The van der Waals surface area contributed by atoms with Gasteiger partial charge in [0.25, 0.3) is 5.56 Å².